The molecular formula is C28H25FN8O. The highest BCUT2D eigenvalue weighted by molar-refractivity contribution is 5.97. The van der Waals surface area contributed by atoms with E-state index in [-0.39, 0.29) is 5.82 Å². The van der Waals surface area contributed by atoms with Crippen molar-refractivity contribution in [2.75, 3.05) is 5.32 Å². The zero-order valence-corrected chi connectivity index (χ0v) is 20.6. The molecule has 5 aromatic heterocycles. The van der Waals surface area contributed by atoms with E-state index in [0.29, 0.717) is 23.6 Å². The zero-order chi connectivity index (χ0) is 26.1. The molecule has 0 radical (unpaired) electrons. The number of aliphatic hydroxyl groups excluding tert-OH is 1. The van der Waals surface area contributed by atoms with Crippen molar-refractivity contribution in [2.24, 2.45) is 0 Å². The highest BCUT2D eigenvalue weighted by atomic mass is 19.1. The van der Waals surface area contributed by atoms with Crippen LogP contribution < -0.4 is 5.32 Å². The van der Waals surface area contributed by atoms with Gasteiger partial charge >= 0.3 is 0 Å². The molecule has 10 heteroatoms. The lowest BCUT2D eigenvalue weighted by molar-refractivity contribution is 0.190. The molecule has 0 saturated carbocycles. The van der Waals surface area contributed by atoms with Crippen LogP contribution in [0.5, 0.6) is 0 Å². The number of fused-ring (bicyclic) bond motifs is 2. The van der Waals surface area contributed by atoms with E-state index in [1.807, 2.05) is 12.1 Å². The maximum absolute atomic E-state index is 13.5. The highest BCUT2D eigenvalue weighted by Crippen LogP contribution is 2.32. The summed E-state index contributed by atoms with van der Waals surface area (Å²) in [5, 5.41) is 21.7. The fourth-order valence-electron chi connectivity index (χ4n) is 4.46. The second-order valence-corrected chi connectivity index (χ2v) is 9.13. The molecule has 0 aliphatic heterocycles. The predicted molar refractivity (Wildman–Crippen MR) is 145 cm³/mol. The van der Waals surface area contributed by atoms with E-state index in [1.165, 1.54) is 12.1 Å². The van der Waals surface area contributed by atoms with Crippen molar-refractivity contribution >= 4 is 27.6 Å². The molecule has 1 atom stereocenters. The number of aliphatic hydroxyl groups is 1. The molecule has 0 bridgehead atoms. The smallest absolute Gasteiger partial charge is 0.159 e. The highest BCUT2D eigenvalue weighted by Gasteiger charge is 2.17. The van der Waals surface area contributed by atoms with Crippen LogP contribution in [0.25, 0.3) is 55.8 Å². The van der Waals surface area contributed by atoms with Crippen LogP contribution in [-0.2, 0) is 0 Å². The van der Waals surface area contributed by atoms with Crippen LogP contribution >= 0.6 is 0 Å². The number of hydrogen-bond donors (Lipinski definition) is 4. The van der Waals surface area contributed by atoms with Gasteiger partial charge < -0.3 is 15.4 Å². The van der Waals surface area contributed by atoms with Crippen LogP contribution in [0, 0.1) is 5.82 Å². The number of pyridine rings is 3. The zero-order valence-electron chi connectivity index (χ0n) is 20.6. The van der Waals surface area contributed by atoms with Crippen molar-refractivity contribution in [2.45, 2.75) is 32.4 Å². The third kappa shape index (κ3) is 4.57. The van der Waals surface area contributed by atoms with Crippen molar-refractivity contribution in [1.29, 1.82) is 0 Å². The van der Waals surface area contributed by atoms with Gasteiger partial charge in [0.2, 0.25) is 0 Å². The van der Waals surface area contributed by atoms with E-state index < -0.39 is 6.23 Å². The number of benzene rings is 1. The first-order valence-corrected chi connectivity index (χ1v) is 12.4. The normalized spacial score (nSPS) is 12.3. The Morgan fingerprint density at radius 2 is 1.82 bits per heavy atom. The van der Waals surface area contributed by atoms with Gasteiger partial charge in [0.25, 0.3) is 0 Å². The van der Waals surface area contributed by atoms with Gasteiger partial charge in [-0.05, 0) is 42.7 Å². The number of nitrogens with zero attached hydrogens (tertiary/aromatic N) is 5. The van der Waals surface area contributed by atoms with Gasteiger partial charge in [0.15, 0.2) is 5.82 Å². The molecule has 0 aliphatic carbocycles. The molecule has 0 amide bonds. The number of hydrogen-bond acceptors (Lipinski definition) is 7. The summed E-state index contributed by atoms with van der Waals surface area (Å²) in [5.41, 5.74) is 6.72. The molecule has 4 N–H and O–H groups in total. The summed E-state index contributed by atoms with van der Waals surface area (Å²) in [7, 11) is 0. The average molecular weight is 509 g/mol. The van der Waals surface area contributed by atoms with Gasteiger partial charge in [0.05, 0.1) is 46.5 Å². The molecule has 0 fully saturated rings. The van der Waals surface area contributed by atoms with E-state index in [1.54, 1.807) is 43.1 Å². The molecule has 5 heterocycles. The Labute approximate surface area is 217 Å². The molecule has 0 saturated heterocycles. The average Bonchev–Trinajstić information content (AvgIpc) is 3.56. The minimum absolute atomic E-state index is 0.298. The predicted octanol–water partition coefficient (Wildman–Crippen LogP) is 5.68. The first kappa shape index (κ1) is 23.7. The number of aromatic nitrogens is 7. The number of rotatable bonds is 8. The first-order valence-electron chi connectivity index (χ1n) is 12.4. The summed E-state index contributed by atoms with van der Waals surface area (Å²) in [6, 6.07) is 10.1. The van der Waals surface area contributed by atoms with Gasteiger partial charge in [-0.25, -0.2) is 9.37 Å². The Bertz CT molecular complexity index is 1730. The monoisotopic (exact) mass is 508 g/mol. The Kier molecular flexibility index (Phi) is 6.22. The lowest BCUT2D eigenvalue weighted by Crippen LogP contribution is -2.18. The second kappa shape index (κ2) is 9.98. The summed E-state index contributed by atoms with van der Waals surface area (Å²) in [6.07, 6.45) is 10.6. The van der Waals surface area contributed by atoms with E-state index >= 15 is 0 Å². The number of anilines is 1. The standard InChI is InChI=1S/C28H25FN8O/c1-2-3-4-25(38)33-19-9-17(11-30-12-19)22-10-20-23(15-32-22)36-37-27(20)28-34-24-14-31-13-21(26(24)35-28)16-5-7-18(29)8-6-16/h5-15,25,33,38H,2-4H2,1H3,(H,34,35)(H,36,37). The van der Waals surface area contributed by atoms with Crippen molar-refractivity contribution in [3.63, 3.8) is 0 Å². The molecule has 0 spiro atoms. The second-order valence-electron chi connectivity index (χ2n) is 9.13. The van der Waals surface area contributed by atoms with Crippen molar-refractivity contribution in [1.82, 2.24) is 35.1 Å². The molecule has 1 aromatic carbocycles. The van der Waals surface area contributed by atoms with Crippen LogP contribution in [0.1, 0.15) is 26.2 Å². The third-order valence-corrected chi connectivity index (χ3v) is 6.42. The van der Waals surface area contributed by atoms with Gasteiger partial charge in [-0.2, -0.15) is 5.10 Å². The molecule has 0 aliphatic rings. The lowest BCUT2D eigenvalue weighted by atomic mass is 10.1. The SMILES string of the molecule is CCCCC(O)Nc1cncc(-c2cc3c(-c4nc5c(-c6ccc(F)cc6)cncc5[nH]4)n[nH]c3cn2)c1. The third-order valence-electron chi connectivity index (χ3n) is 6.42. The van der Waals surface area contributed by atoms with Crippen LogP contribution in [0.3, 0.4) is 0 Å². The number of imidazole rings is 1. The molecular weight excluding hydrogens is 483 g/mol. The van der Waals surface area contributed by atoms with Crippen molar-refractivity contribution < 1.29 is 9.50 Å². The van der Waals surface area contributed by atoms with Gasteiger partial charge in [0.1, 0.15) is 17.7 Å². The largest absolute Gasteiger partial charge is 0.374 e. The summed E-state index contributed by atoms with van der Waals surface area (Å²) >= 11 is 0. The topological polar surface area (TPSA) is 128 Å². The van der Waals surface area contributed by atoms with Crippen LogP contribution in [0.15, 0.2) is 67.4 Å². The van der Waals surface area contributed by atoms with Gasteiger partial charge in [0, 0.05) is 28.9 Å². The molecule has 9 nitrogen and oxygen atoms in total. The minimum Gasteiger partial charge on any atom is -0.374 e. The molecule has 6 rings (SSSR count). The van der Waals surface area contributed by atoms with E-state index in [0.717, 1.165) is 57.2 Å². The number of halogens is 1. The Hall–Kier alpha value is -4.70. The van der Waals surface area contributed by atoms with Crippen LogP contribution in [0.4, 0.5) is 10.1 Å². The van der Waals surface area contributed by atoms with Crippen LogP contribution in [0.2, 0.25) is 0 Å². The molecule has 38 heavy (non-hydrogen) atoms. The van der Waals surface area contributed by atoms with Crippen molar-refractivity contribution in [3.05, 3.63) is 73.2 Å². The number of aromatic amines is 2. The number of unbranched alkanes of at least 4 members (excludes halogenated alkanes) is 1. The van der Waals surface area contributed by atoms with Crippen LogP contribution in [-0.4, -0.2) is 46.5 Å². The van der Waals surface area contributed by atoms with Gasteiger partial charge in [-0.3, -0.25) is 20.1 Å². The van der Waals surface area contributed by atoms with E-state index in [9.17, 15) is 9.50 Å². The summed E-state index contributed by atoms with van der Waals surface area (Å²) in [6.45, 7) is 2.09. The minimum atomic E-state index is -0.634. The quantitative estimate of drug-likeness (QED) is 0.195. The molecule has 1 unspecified atom stereocenters. The first-order chi connectivity index (χ1) is 18.6. The fourth-order valence-corrected chi connectivity index (χ4v) is 4.46. The maximum Gasteiger partial charge on any atom is 0.159 e. The molecule has 190 valence electrons. The Morgan fingerprint density at radius 3 is 2.66 bits per heavy atom. The molecule has 6 aromatic rings. The number of nitrogens with one attached hydrogen (secondary N) is 3. The Balaban J connectivity index is 1.36. The Morgan fingerprint density at radius 1 is 0.974 bits per heavy atom. The van der Waals surface area contributed by atoms with Gasteiger partial charge in [-0.15, -0.1) is 0 Å². The fraction of sp³-hybridized carbons (Fsp3) is 0.179. The number of H-pyrrole nitrogens is 2. The van der Waals surface area contributed by atoms with E-state index in [4.69, 9.17) is 4.98 Å². The lowest BCUT2D eigenvalue weighted by Gasteiger charge is -2.14. The van der Waals surface area contributed by atoms with Gasteiger partial charge in [-0.1, -0.05) is 25.5 Å². The summed E-state index contributed by atoms with van der Waals surface area (Å²) in [5.74, 6) is 0.278. The summed E-state index contributed by atoms with van der Waals surface area (Å²) < 4.78 is 13.5. The summed E-state index contributed by atoms with van der Waals surface area (Å²) in [4.78, 5) is 21.4. The van der Waals surface area contributed by atoms with E-state index in [2.05, 4.69) is 42.4 Å². The van der Waals surface area contributed by atoms with Crippen molar-refractivity contribution in [3.8, 4) is 33.9 Å². The maximum atomic E-state index is 13.5.